The number of ether oxygens (including phenoxy) is 1. The molecule has 5 heterocycles. The molecule has 0 aliphatic rings. The summed E-state index contributed by atoms with van der Waals surface area (Å²) in [6, 6.07) is 3.92. The summed E-state index contributed by atoms with van der Waals surface area (Å²) in [4.78, 5) is 24.8. The molecule has 5 rings (SSSR count). The number of nitrogens with zero attached hydrogens (tertiary/aromatic N) is 8. The van der Waals surface area contributed by atoms with E-state index in [0.717, 1.165) is 28.0 Å². The number of imidazole rings is 1. The molecule has 0 unspecified atom stereocenters. The number of aryl methyl sites for hydroxylation is 1. The molecule has 0 saturated heterocycles. The second-order valence-electron chi connectivity index (χ2n) is 6.53. The fourth-order valence-electron chi connectivity index (χ4n) is 3.37. The van der Waals surface area contributed by atoms with Gasteiger partial charge in [0.15, 0.2) is 11.5 Å². The van der Waals surface area contributed by atoms with E-state index < -0.39 is 5.76 Å². The smallest absolute Gasteiger partial charge is 0.441 e. The third kappa shape index (κ3) is 2.58. The molecule has 0 bridgehead atoms. The van der Waals surface area contributed by atoms with Crippen molar-refractivity contribution in [1.29, 1.82) is 0 Å². The van der Waals surface area contributed by atoms with E-state index in [1.54, 1.807) is 24.9 Å². The number of rotatable bonds is 4. The van der Waals surface area contributed by atoms with Crippen LogP contribution in [0.5, 0.6) is 5.88 Å². The van der Waals surface area contributed by atoms with Gasteiger partial charge in [-0.1, -0.05) is 5.16 Å². The summed E-state index contributed by atoms with van der Waals surface area (Å²) in [5, 5.41) is 8.07. The molecule has 0 aliphatic carbocycles. The molecule has 0 N–H and O–H groups in total. The summed E-state index contributed by atoms with van der Waals surface area (Å²) in [6.07, 6.45) is 5.04. The second-order valence-corrected chi connectivity index (χ2v) is 6.53. The fraction of sp³-hybridized carbons (Fsp3) is 0.222. The van der Waals surface area contributed by atoms with Crippen molar-refractivity contribution in [2.24, 2.45) is 7.05 Å². The van der Waals surface area contributed by atoms with Crippen LogP contribution < -0.4 is 10.5 Å². The summed E-state index contributed by atoms with van der Waals surface area (Å²) in [5.74, 6) is 1.21. The van der Waals surface area contributed by atoms with Gasteiger partial charge >= 0.3 is 5.76 Å². The van der Waals surface area contributed by atoms with Crippen LogP contribution in [-0.4, -0.2) is 46.0 Å². The number of methoxy groups -OCH3 is 1. The molecule has 0 aromatic carbocycles. The van der Waals surface area contributed by atoms with Gasteiger partial charge in [-0.3, -0.25) is 9.09 Å². The number of hydrogen-bond donors (Lipinski definition) is 0. The summed E-state index contributed by atoms with van der Waals surface area (Å²) >= 11 is 0. The molecule has 0 fully saturated rings. The third-order valence-electron chi connectivity index (χ3n) is 4.91. The van der Waals surface area contributed by atoms with Gasteiger partial charge in [0.1, 0.15) is 17.7 Å². The normalized spacial score (nSPS) is 11.6. The maximum atomic E-state index is 11.6. The van der Waals surface area contributed by atoms with E-state index in [1.807, 2.05) is 29.8 Å². The van der Waals surface area contributed by atoms with E-state index in [9.17, 15) is 4.79 Å². The van der Waals surface area contributed by atoms with Crippen LogP contribution in [0.1, 0.15) is 11.6 Å². The van der Waals surface area contributed by atoms with Crippen molar-refractivity contribution in [3.05, 3.63) is 53.1 Å². The monoisotopic (exact) mass is 392 g/mol. The SMILES string of the molecule is COc1ncnn2ccc(-c3cnc4nc(C)n(Cc5noc(=O)n5C)c4c3)c12. The topological polar surface area (TPSA) is 118 Å². The van der Waals surface area contributed by atoms with Crippen molar-refractivity contribution in [2.75, 3.05) is 7.11 Å². The van der Waals surface area contributed by atoms with Crippen molar-refractivity contribution in [1.82, 2.24) is 38.9 Å². The van der Waals surface area contributed by atoms with E-state index in [-0.39, 0.29) is 0 Å². The molecule has 29 heavy (non-hydrogen) atoms. The number of fused-ring (bicyclic) bond motifs is 2. The maximum Gasteiger partial charge on any atom is 0.441 e. The lowest BCUT2D eigenvalue weighted by Crippen LogP contribution is -2.15. The summed E-state index contributed by atoms with van der Waals surface area (Å²) in [6.45, 7) is 2.21. The Balaban J connectivity index is 1.68. The fourth-order valence-corrected chi connectivity index (χ4v) is 3.37. The van der Waals surface area contributed by atoms with Crippen molar-refractivity contribution >= 4 is 16.7 Å². The lowest BCUT2D eigenvalue weighted by Gasteiger charge is -2.07. The lowest BCUT2D eigenvalue weighted by molar-refractivity contribution is 0.375. The van der Waals surface area contributed by atoms with E-state index in [2.05, 4.69) is 25.2 Å². The van der Waals surface area contributed by atoms with Crippen molar-refractivity contribution in [2.45, 2.75) is 13.5 Å². The lowest BCUT2D eigenvalue weighted by atomic mass is 10.1. The Morgan fingerprint density at radius 3 is 2.90 bits per heavy atom. The van der Waals surface area contributed by atoms with Crippen LogP contribution in [0.25, 0.3) is 27.8 Å². The van der Waals surface area contributed by atoms with Crippen LogP contribution >= 0.6 is 0 Å². The molecule has 0 spiro atoms. The highest BCUT2D eigenvalue weighted by Gasteiger charge is 2.17. The van der Waals surface area contributed by atoms with Crippen LogP contribution in [0.4, 0.5) is 0 Å². The Hall–Kier alpha value is -4.02. The zero-order valence-electron chi connectivity index (χ0n) is 15.9. The minimum absolute atomic E-state index is 0.332. The van der Waals surface area contributed by atoms with Crippen molar-refractivity contribution in [3.63, 3.8) is 0 Å². The molecule has 146 valence electrons. The maximum absolute atomic E-state index is 11.6. The van der Waals surface area contributed by atoms with E-state index in [0.29, 0.717) is 23.9 Å². The van der Waals surface area contributed by atoms with E-state index in [1.165, 1.54) is 10.9 Å². The first-order valence-electron chi connectivity index (χ1n) is 8.78. The summed E-state index contributed by atoms with van der Waals surface area (Å²) in [7, 11) is 3.19. The zero-order chi connectivity index (χ0) is 20.1. The minimum atomic E-state index is -0.506. The molecule has 11 heteroatoms. The summed E-state index contributed by atoms with van der Waals surface area (Å²) < 4.78 is 15.1. The first-order valence-corrected chi connectivity index (χ1v) is 8.78. The van der Waals surface area contributed by atoms with Crippen molar-refractivity contribution < 1.29 is 9.26 Å². The molecular formula is C18H16N8O3. The number of aromatic nitrogens is 8. The van der Waals surface area contributed by atoms with E-state index in [4.69, 9.17) is 9.26 Å². The quantitative estimate of drug-likeness (QED) is 0.448. The Morgan fingerprint density at radius 2 is 2.14 bits per heavy atom. The van der Waals surface area contributed by atoms with Gasteiger partial charge in [0.05, 0.1) is 19.2 Å². The first kappa shape index (κ1) is 17.1. The van der Waals surface area contributed by atoms with Gasteiger partial charge in [-0.15, -0.1) is 0 Å². The number of pyridine rings is 1. The van der Waals surface area contributed by atoms with Crippen LogP contribution in [0.15, 0.2) is 40.2 Å². The highest BCUT2D eigenvalue weighted by molar-refractivity contribution is 5.87. The molecule has 11 nitrogen and oxygen atoms in total. The zero-order valence-corrected chi connectivity index (χ0v) is 15.9. The third-order valence-corrected chi connectivity index (χ3v) is 4.91. The molecule has 5 aromatic heterocycles. The molecule has 0 amide bonds. The summed E-state index contributed by atoms with van der Waals surface area (Å²) in [5.41, 5.74) is 3.91. The number of hydrogen-bond acceptors (Lipinski definition) is 8. The largest absolute Gasteiger partial charge is 0.479 e. The van der Waals surface area contributed by atoms with Gasteiger partial charge < -0.3 is 9.30 Å². The van der Waals surface area contributed by atoms with Crippen LogP contribution in [0.3, 0.4) is 0 Å². The predicted molar refractivity (Wildman–Crippen MR) is 102 cm³/mol. The van der Waals surface area contributed by atoms with Gasteiger partial charge in [-0.05, 0) is 19.1 Å². The van der Waals surface area contributed by atoms with Gasteiger partial charge in [-0.25, -0.2) is 19.3 Å². The molecule has 5 aromatic rings. The standard InChI is InChI=1S/C18H16N8O3/c1-10-22-16-13(25(10)8-14-23-29-18(27)24(14)2)6-11(7-19-16)12-4-5-26-15(12)17(28-3)20-9-21-26/h4-7,9H,8H2,1-3H3. The van der Waals surface area contributed by atoms with Gasteiger partial charge in [0.2, 0.25) is 5.88 Å². The van der Waals surface area contributed by atoms with Crippen LogP contribution in [0, 0.1) is 6.92 Å². The molecule has 0 radical (unpaired) electrons. The Labute approximate surface area is 163 Å². The Kier molecular flexibility index (Phi) is 3.69. The van der Waals surface area contributed by atoms with E-state index >= 15 is 0 Å². The van der Waals surface area contributed by atoms with Gasteiger partial charge in [0.25, 0.3) is 0 Å². The predicted octanol–water partition coefficient (Wildman–Crippen LogP) is 1.19. The minimum Gasteiger partial charge on any atom is -0.479 e. The Morgan fingerprint density at radius 1 is 1.28 bits per heavy atom. The molecule has 0 atom stereocenters. The van der Waals surface area contributed by atoms with Gasteiger partial charge in [-0.2, -0.15) is 10.1 Å². The molecular weight excluding hydrogens is 376 g/mol. The average molecular weight is 392 g/mol. The first-order chi connectivity index (χ1) is 14.1. The Bertz CT molecular complexity index is 1420. The van der Waals surface area contributed by atoms with Gasteiger partial charge in [0, 0.05) is 30.6 Å². The highest BCUT2D eigenvalue weighted by Crippen LogP contribution is 2.31. The average Bonchev–Trinajstić information content (AvgIpc) is 3.39. The second kappa shape index (κ2) is 6.26. The molecule has 0 aliphatic heterocycles. The highest BCUT2D eigenvalue weighted by atomic mass is 16.5. The van der Waals surface area contributed by atoms with Crippen molar-refractivity contribution in [3.8, 4) is 17.0 Å². The van der Waals surface area contributed by atoms with Crippen LogP contribution in [0.2, 0.25) is 0 Å². The van der Waals surface area contributed by atoms with Crippen LogP contribution in [-0.2, 0) is 13.6 Å². The molecule has 0 saturated carbocycles.